The Morgan fingerprint density at radius 3 is 2.73 bits per heavy atom. The number of benzene rings is 2. The van der Waals surface area contributed by atoms with Crippen LogP contribution in [0.3, 0.4) is 0 Å². The van der Waals surface area contributed by atoms with E-state index in [9.17, 15) is 4.79 Å². The van der Waals surface area contributed by atoms with E-state index in [1.54, 1.807) is 0 Å². The van der Waals surface area contributed by atoms with Gasteiger partial charge in [-0.15, -0.1) is 0 Å². The van der Waals surface area contributed by atoms with Gasteiger partial charge >= 0.3 is 0 Å². The number of amides is 1. The van der Waals surface area contributed by atoms with E-state index >= 15 is 0 Å². The highest BCUT2D eigenvalue weighted by atomic mass is 16.1. The number of aryl methyl sites for hydroxylation is 2. The molecule has 0 fully saturated rings. The van der Waals surface area contributed by atoms with Crippen LogP contribution in [0.4, 0.5) is 0 Å². The summed E-state index contributed by atoms with van der Waals surface area (Å²) in [5.74, 6) is 0.0518. The first kappa shape index (κ1) is 14.4. The van der Waals surface area contributed by atoms with Gasteiger partial charge in [-0.05, 0) is 48.6 Å². The van der Waals surface area contributed by atoms with Gasteiger partial charge in [0.2, 0.25) is 5.91 Å². The molecule has 0 bridgehead atoms. The van der Waals surface area contributed by atoms with Crippen LogP contribution in [0.5, 0.6) is 0 Å². The highest BCUT2D eigenvalue weighted by Gasteiger charge is 2.05. The smallest absolute Gasteiger partial charge is 0.224 e. The molecule has 0 saturated carbocycles. The average Bonchev–Trinajstić information content (AvgIpc) is 2.84. The highest BCUT2D eigenvalue weighted by Crippen LogP contribution is 2.16. The van der Waals surface area contributed by atoms with Crippen molar-refractivity contribution < 1.29 is 4.79 Å². The van der Waals surface area contributed by atoms with E-state index in [4.69, 9.17) is 0 Å². The lowest BCUT2D eigenvalue weighted by Crippen LogP contribution is -2.24. The second kappa shape index (κ2) is 6.06. The second-order valence-corrected chi connectivity index (χ2v) is 5.82. The number of carbonyl (C=O) groups excluding carboxylic acids is 1. The van der Waals surface area contributed by atoms with Crippen LogP contribution in [0.2, 0.25) is 0 Å². The molecule has 1 heterocycles. The molecule has 0 unspecified atom stereocenters. The standard InChI is InChI=1S/C19H20N2O/c1-13-4-3-5-15(8-13)11-19(22)20-12-16-6-7-18-17(10-16)9-14(2)21-18/h3-10,21H,11-12H2,1-2H3,(H,20,22). The largest absolute Gasteiger partial charge is 0.359 e. The third-order valence-electron chi connectivity index (χ3n) is 3.76. The summed E-state index contributed by atoms with van der Waals surface area (Å²) in [6, 6.07) is 16.4. The third-order valence-corrected chi connectivity index (χ3v) is 3.76. The van der Waals surface area contributed by atoms with Crippen molar-refractivity contribution in [3.05, 3.63) is 70.9 Å². The van der Waals surface area contributed by atoms with Crippen LogP contribution < -0.4 is 5.32 Å². The Morgan fingerprint density at radius 1 is 1.05 bits per heavy atom. The fourth-order valence-corrected chi connectivity index (χ4v) is 2.71. The zero-order valence-corrected chi connectivity index (χ0v) is 12.9. The van der Waals surface area contributed by atoms with Gasteiger partial charge in [0.1, 0.15) is 0 Å². The van der Waals surface area contributed by atoms with Crippen LogP contribution in [-0.2, 0) is 17.8 Å². The van der Waals surface area contributed by atoms with Gasteiger partial charge in [-0.25, -0.2) is 0 Å². The van der Waals surface area contributed by atoms with Gasteiger partial charge in [-0.2, -0.15) is 0 Å². The first-order chi connectivity index (χ1) is 10.6. The molecule has 2 N–H and O–H groups in total. The molecule has 0 spiro atoms. The van der Waals surface area contributed by atoms with Gasteiger partial charge in [-0.3, -0.25) is 4.79 Å². The number of aromatic amines is 1. The summed E-state index contributed by atoms with van der Waals surface area (Å²) in [4.78, 5) is 15.3. The van der Waals surface area contributed by atoms with Crippen molar-refractivity contribution in [3.8, 4) is 0 Å². The molecule has 2 aromatic carbocycles. The summed E-state index contributed by atoms with van der Waals surface area (Å²) in [5, 5.41) is 4.17. The van der Waals surface area contributed by atoms with E-state index < -0.39 is 0 Å². The fourth-order valence-electron chi connectivity index (χ4n) is 2.71. The molecule has 0 atom stereocenters. The summed E-state index contributed by atoms with van der Waals surface area (Å²) >= 11 is 0. The van der Waals surface area contributed by atoms with E-state index in [1.807, 2.05) is 44.2 Å². The SMILES string of the molecule is Cc1cccc(CC(=O)NCc2ccc3[nH]c(C)cc3c2)c1. The topological polar surface area (TPSA) is 44.9 Å². The summed E-state index contributed by atoms with van der Waals surface area (Å²) in [6.07, 6.45) is 0.424. The van der Waals surface area contributed by atoms with Crippen LogP contribution in [0, 0.1) is 13.8 Å². The minimum absolute atomic E-state index is 0.0518. The lowest BCUT2D eigenvalue weighted by atomic mass is 10.1. The number of aromatic nitrogens is 1. The van der Waals surface area contributed by atoms with Gasteiger partial charge in [-0.1, -0.05) is 35.9 Å². The molecule has 0 aliphatic carbocycles. The van der Waals surface area contributed by atoms with Crippen LogP contribution >= 0.6 is 0 Å². The maximum atomic E-state index is 12.0. The first-order valence-corrected chi connectivity index (χ1v) is 7.51. The van der Waals surface area contributed by atoms with Crippen molar-refractivity contribution in [2.45, 2.75) is 26.8 Å². The van der Waals surface area contributed by atoms with Gasteiger partial charge < -0.3 is 10.3 Å². The fraction of sp³-hybridized carbons (Fsp3) is 0.211. The molecule has 0 aliphatic rings. The Bertz CT molecular complexity index is 817. The predicted molar refractivity (Wildman–Crippen MR) is 89.8 cm³/mol. The molecule has 0 aliphatic heterocycles. The zero-order valence-electron chi connectivity index (χ0n) is 12.9. The molecule has 112 valence electrons. The lowest BCUT2D eigenvalue weighted by Gasteiger charge is -2.06. The van der Waals surface area contributed by atoms with Gasteiger partial charge in [0.15, 0.2) is 0 Å². The Morgan fingerprint density at radius 2 is 1.91 bits per heavy atom. The Labute approximate surface area is 130 Å². The Kier molecular flexibility index (Phi) is 3.96. The van der Waals surface area contributed by atoms with Gasteiger partial charge in [0.25, 0.3) is 0 Å². The summed E-state index contributed by atoms with van der Waals surface area (Å²) in [7, 11) is 0. The van der Waals surface area contributed by atoms with E-state index in [0.29, 0.717) is 13.0 Å². The van der Waals surface area contributed by atoms with E-state index in [2.05, 4.69) is 28.5 Å². The van der Waals surface area contributed by atoms with Gasteiger partial charge in [0.05, 0.1) is 6.42 Å². The lowest BCUT2D eigenvalue weighted by molar-refractivity contribution is -0.120. The summed E-state index contributed by atoms with van der Waals surface area (Å²) < 4.78 is 0. The van der Waals surface area contributed by atoms with Crippen LogP contribution in [0.15, 0.2) is 48.5 Å². The second-order valence-electron chi connectivity index (χ2n) is 5.82. The molecule has 3 nitrogen and oxygen atoms in total. The monoisotopic (exact) mass is 292 g/mol. The van der Waals surface area contributed by atoms with Crippen LogP contribution in [0.1, 0.15) is 22.4 Å². The van der Waals surface area contributed by atoms with Gasteiger partial charge in [0, 0.05) is 17.8 Å². The normalized spacial score (nSPS) is 10.8. The van der Waals surface area contributed by atoms with Crippen molar-refractivity contribution in [1.29, 1.82) is 0 Å². The Hall–Kier alpha value is -2.55. The molecule has 22 heavy (non-hydrogen) atoms. The molecule has 3 rings (SSSR count). The number of fused-ring (bicyclic) bond motifs is 1. The highest BCUT2D eigenvalue weighted by molar-refractivity contribution is 5.81. The Balaban J connectivity index is 1.62. The van der Waals surface area contributed by atoms with Crippen molar-refractivity contribution in [2.24, 2.45) is 0 Å². The van der Waals surface area contributed by atoms with Crippen LogP contribution in [0.25, 0.3) is 10.9 Å². The first-order valence-electron chi connectivity index (χ1n) is 7.51. The maximum absolute atomic E-state index is 12.0. The molecule has 0 radical (unpaired) electrons. The number of hydrogen-bond donors (Lipinski definition) is 2. The van der Waals surface area contributed by atoms with Crippen molar-refractivity contribution in [2.75, 3.05) is 0 Å². The predicted octanol–water partition coefficient (Wildman–Crippen LogP) is 3.64. The maximum Gasteiger partial charge on any atom is 0.224 e. The molecular formula is C19H20N2O. The molecular weight excluding hydrogens is 272 g/mol. The minimum atomic E-state index is 0.0518. The number of carbonyl (C=O) groups is 1. The number of H-pyrrole nitrogens is 1. The summed E-state index contributed by atoms with van der Waals surface area (Å²) in [5.41, 5.74) is 5.62. The average molecular weight is 292 g/mol. The molecule has 3 heteroatoms. The molecule has 1 aromatic heterocycles. The molecule has 3 aromatic rings. The number of rotatable bonds is 4. The third kappa shape index (κ3) is 3.37. The number of nitrogens with one attached hydrogen (secondary N) is 2. The van der Waals surface area contributed by atoms with E-state index in [-0.39, 0.29) is 5.91 Å². The number of hydrogen-bond acceptors (Lipinski definition) is 1. The molecule has 0 saturated heterocycles. The van der Waals surface area contributed by atoms with E-state index in [0.717, 1.165) is 22.3 Å². The quantitative estimate of drug-likeness (QED) is 0.757. The summed E-state index contributed by atoms with van der Waals surface area (Å²) in [6.45, 7) is 4.64. The van der Waals surface area contributed by atoms with Crippen LogP contribution in [-0.4, -0.2) is 10.9 Å². The van der Waals surface area contributed by atoms with E-state index in [1.165, 1.54) is 10.9 Å². The van der Waals surface area contributed by atoms with Crippen molar-refractivity contribution in [1.82, 2.24) is 10.3 Å². The minimum Gasteiger partial charge on any atom is -0.359 e. The zero-order chi connectivity index (χ0) is 15.5. The van der Waals surface area contributed by atoms with Crippen molar-refractivity contribution in [3.63, 3.8) is 0 Å². The molecule has 1 amide bonds. The van der Waals surface area contributed by atoms with Crippen molar-refractivity contribution >= 4 is 16.8 Å².